The summed E-state index contributed by atoms with van der Waals surface area (Å²) < 4.78 is 23.1. The van der Waals surface area contributed by atoms with Crippen molar-refractivity contribution in [1.82, 2.24) is 5.32 Å². The highest BCUT2D eigenvalue weighted by Crippen LogP contribution is 2.38. The summed E-state index contributed by atoms with van der Waals surface area (Å²) in [4.78, 5) is 25.4. The lowest BCUT2D eigenvalue weighted by Gasteiger charge is -2.31. The Morgan fingerprint density at radius 2 is 1.10 bits per heavy atom. The van der Waals surface area contributed by atoms with Gasteiger partial charge in [0.15, 0.2) is 0 Å². The van der Waals surface area contributed by atoms with E-state index in [2.05, 4.69) is 109 Å². The van der Waals surface area contributed by atoms with Crippen molar-refractivity contribution in [3.05, 3.63) is 97.2 Å². The molecule has 10 heteroatoms. The first-order valence-electron chi connectivity index (χ1n) is 22.6. The Morgan fingerprint density at radius 1 is 0.644 bits per heavy atom. The molecule has 0 bridgehead atoms. The van der Waals surface area contributed by atoms with E-state index in [1.165, 1.54) is 12.8 Å². The van der Waals surface area contributed by atoms with E-state index in [0.717, 1.165) is 96.3 Å². The van der Waals surface area contributed by atoms with Gasteiger partial charge >= 0.3 is 0 Å². The molecule has 0 aliphatic carbocycles. The number of nitrogens with zero attached hydrogens (tertiary/aromatic N) is 1. The second kappa shape index (κ2) is 39.5. The predicted molar refractivity (Wildman–Crippen MR) is 248 cm³/mol. The second-order valence-corrected chi connectivity index (χ2v) is 17.6. The number of phosphoric acid groups is 1. The van der Waals surface area contributed by atoms with E-state index < -0.39 is 32.7 Å². The van der Waals surface area contributed by atoms with Crippen LogP contribution in [0.5, 0.6) is 0 Å². The molecule has 59 heavy (non-hydrogen) atoms. The van der Waals surface area contributed by atoms with E-state index in [1.54, 1.807) is 0 Å². The molecular formula is C49H85N2O7P. The molecule has 1 amide bonds. The molecule has 4 unspecified atom stereocenters. The number of likely N-dealkylation sites (N-methyl/N-ethyl adjacent to an activating group) is 1. The van der Waals surface area contributed by atoms with Gasteiger partial charge in [-0.2, -0.15) is 0 Å². The monoisotopic (exact) mass is 845 g/mol. The first-order valence-corrected chi connectivity index (χ1v) is 24.1. The standard InChI is InChI=1S/C49H85N2O7P/c1-6-8-10-12-14-16-18-20-21-22-23-24-25-26-27-28-29-30-32-34-36-38-40-42-48(53)50-46(45-58-59(55,56)57-44-43-51(3,4)5)49(54)47(52)41-39-37-35-33-31-19-17-15-13-11-9-7-2/h7-10,14-17,20-21,23-24,26-27,33,35,46-47,49,52,54H,6,11-13,18-19,22,25,28-32,34,36-45H2,1-5H3,(H-,50,53,55,56)/b9-7+,10-8-,16-14-,17-15+,21-20-,24-23-,27-26-,35-33+. The van der Waals surface area contributed by atoms with Gasteiger partial charge in [0.1, 0.15) is 19.3 Å². The van der Waals surface area contributed by atoms with Crippen LogP contribution in [0.25, 0.3) is 0 Å². The predicted octanol–water partition coefficient (Wildman–Crippen LogP) is 11.1. The number of hydrogen-bond acceptors (Lipinski definition) is 7. The van der Waals surface area contributed by atoms with Gasteiger partial charge in [0.2, 0.25) is 5.91 Å². The third-order valence-corrected chi connectivity index (χ3v) is 10.4. The van der Waals surface area contributed by atoms with Crippen LogP contribution in [-0.2, 0) is 18.4 Å². The van der Waals surface area contributed by atoms with Crippen molar-refractivity contribution in [2.75, 3.05) is 40.9 Å². The number of aliphatic hydroxyl groups excluding tert-OH is 2. The fourth-order valence-electron chi connectivity index (χ4n) is 5.85. The molecule has 0 heterocycles. The molecule has 0 rings (SSSR count). The van der Waals surface area contributed by atoms with Gasteiger partial charge in [-0.25, -0.2) is 0 Å². The fourth-order valence-corrected chi connectivity index (χ4v) is 6.57. The molecule has 0 saturated carbocycles. The van der Waals surface area contributed by atoms with Crippen LogP contribution in [0.4, 0.5) is 0 Å². The van der Waals surface area contributed by atoms with Crippen molar-refractivity contribution in [3.63, 3.8) is 0 Å². The Bertz CT molecular complexity index is 1300. The third kappa shape index (κ3) is 40.6. The summed E-state index contributed by atoms with van der Waals surface area (Å²) >= 11 is 0. The summed E-state index contributed by atoms with van der Waals surface area (Å²) in [5, 5.41) is 24.5. The number of aliphatic hydroxyl groups is 2. The molecular weight excluding hydrogens is 760 g/mol. The number of nitrogens with one attached hydrogen (secondary N) is 1. The maximum absolute atomic E-state index is 12.9. The minimum Gasteiger partial charge on any atom is -0.756 e. The number of allylic oxidation sites excluding steroid dienone is 16. The average Bonchev–Trinajstić information content (AvgIpc) is 3.19. The second-order valence-electron chi connectivity index (χ2n) is 16.1. The number of carbonyl (C=O) groups excluding carboxylic acids is 1. The van der Waals surface area contributed by atoms with E-state index >= 15 is 0 Å². The summed E-state index contributed by atoms with van der Waals surface area (Å²) in [6.45, 7) is 4.04. The van der Waals surface area contributed by atoms with Crippen LogP contribution in [0, 0.1) is 0 Å². The molecule has 0 spiro atoms. The summed E-state index contributed by atoms with van der Waals surface area (Å²) in [7, 11) is 1.06. The van der Waals surface area contributed by atoms with Gasteiger partial charge < -0.3 is 34.0 Å². The number of unbranched alkanes of at least 4 members (excludes halogenated alkanes) is 10. The van der Waals surface area contributed by atoms with Crippen LogP contribution in [0.1, 0.15) is 149 Å². The minimum absolute atomic E-state index is 0.0584. The van der Waals surface area contributed by atoms with Crippen LogP contribution in [0.3, 0.4) is 0 Å². The number of hydrogen-bond donors (Lipinski definition) is 3. The Kier molecular flexibility index (Phi) is 37.8. The zero-order chi connectivity index (χ0) is 43.7. The molecule has 3 N–H and O–H groups in total. The van der Waals surface area contributed by atoms with Gasteiger partial charge in [-0.1, -0.05) is 136 Å². The van der Waals surface area contributed by atoms with Crippen LogP contribution in [0.2, 0.25) is 0 Å². The van der Waals surface area contributed by atoms with Crippen molar-refractivity contribution < 1.29 is 38.0 Å². The molecule has 4 atom stereocenters. The molecule has 0 saturated heterocycles. The van der Waals surface area contributed by atoms with Crippen molar-refractivity contribution in [2.24, 2.45) is 0 Å². The van der Waals surface area contributed by atoms with E-state index in [1.807, 2.05) is 28.1 Å². The largest absolute Gasteiger partial charge is 0.756 e. The van der Waals surface area contributed by atoms with Crippen molar-refractivity contribution in [1.29, 1.82) is 0 Å². The van der Waals surface area contributed by atoms with Gasteiger partial charge in [-0.15, -0.1) is 0 Å². The maximum Gasteiger partial charge on any atom is 0.268 e. The summed E-state index contributed by atoms with van der Waals surface area (Å²) in [5.41, 5.74) is 0. The van der Waals surface area contributed by atoms with Crippen molar-refractivity contribution >= 4 is 13.7 Å². The van der Waals surface area contributed by atoms with E-state index in [-0.39, 0.29) is 18.9 Å². The van der Waals surface area contributed by atoms with Crippen molar-refractivity contribution in [3.8, 4) is 0 Å². The summed E-state index contributed by atoms with van der Waals surface area (Å²) in [6, 6.07) is -1.11. The molecule has 0 aromatic rings. The van der Waals surface area contributed by atoms with Gasteiger partial charge in [-0.3, -0.25) is 9.36 Å². The lowest BCUT2D eigenvalue weighted by Crippen LogP contribution is -2.51. The molecule has 0 aromatic carbocycles. The molecule has 0 fully saturated rings. The van der Waals surface area contributed by atoms with Gasteiger partial charge in [0, 0.05) is 6.42 Å². The quantitative estimate of drug-likeness (QED) is 0.0243. The topological polar surface area (TPSA) is 128 Å². The smallest absolute Gasteiger partial charge is 0.268 e. The Morgan fingerprint density at radius 3 is 1.64 bits per heavy atom. The van der Waals surface area contributed by atoms with Crippen LogP contribution >= 0.6 is 7.82 Å². The average molecular weight is 845 g/mol. The number of phosphoric ester groups is 1. The maximum atomic E-state index is 12.9. The normalized spacial score (nSPS) is 15.7. The molecule has 0 radical (unpaired) electrons. The highest BCUT2D eigenvalue weighted by molar-refractivity contribution is 7.45. The highest BCUT2D eigenvalue weighted by Gasteiger charge is 2.29. The number of amides is 1. The van der Waals surface area contributed by atoms with E-state index in [0.29, 0.717) is 30.3 Å². The SMILES string of the molecule is C/C=C/CC/C=C/CC/C=C/CCCC(O)C(O)C(COP(=O)([O-])OCC[N+](C)(C)C)NC(=O)CCCCCCCCC/C=C\C/C=C\C/C=C\C/C=C\C/C=C\CC. The summed E-state index contributed by atoms with van der Waals surface area (Å²) in [6.07, 6.45) is 51.8. The Hall–Kier alpha value is -2.62. The zero-order valence-corrected chi connectivity index (χ0v) is 38.7. The lowest BCUT2D eigenvalue weighted by molar-refractivity contribution is -0.870. The zero-order valence-electron chi connectivity index (χ0n) is 37.8. The van der Waals surface area contributed by atoms with Crippen LogP contribution in [-0.4, -0.2) is 79.8 Å². The van der Waals surface area contributed by atoms with Gasteiger partial charge in [-0.05, 0) is 103 Å². The molecule has 9 nitrogen and oxygen atoms in total. The first kappa shape index (κ1) is 56.4. The lowest BCUT2D eigenvalue weighted by atomic mass is 10.0. The number of quaternary nitrogens is 1. The molecule has 0 aromatic heterocycles. The fraction of sp³-hybridized carbons (Fsp3) is 0.653. The third-order valence-electron chi connectivity index (χ3n) is 9.45. The number of rotatable bonds is 39. The minimum atomic E-state index is -4.69. The van der Waals surface area contributed by atoms with E-state index in [4.69, 9.17) is 9.05 Å². The van der Waals surface area contributed by atoms with Crippen LogP contribution in [0.15, 0.2) is 97.2 Å². The van der Waals surface area contributed by atoms with Gasteiger partial charge in [0.25, 0.3) is 7.82 Å². The van der Waals surface area contributed by atoms with Crippen LogP contribution < -0.4 is 10.2 Å². The van der Waals surface area contributed by atoms with E-state index in [9.17, 15) is 24.5 Å². The van der Waals surface area contributed by atoms with Crippen molar-refractivity contribution in [2.45, 2.75) is 167 Å². The number of carbonyl (C=O) groups is 1. The highest BCUT2D eigenvalue weighted by atomic mass is 31.2. The Labute approximate surface area is 361 Å². The summed E-state index contributed by atoms with van der Waals surface area (Å²) in [5.74, 6) is -0.313. The van der Waals surface area contributed by atoms with Gasteiger partial charge in [0.05, 0.1) is 39.9 Å². The molecule has 338 valence electrons. The molecule has 0 aliphatic heterocycles. The molecule has 0 aliphatic rings. The first-order chi connectivity index (χ1) is 28.4. The Balaban J connectivity index is 4.50.